The molecule has 2 aromatic carbocycles. The number of benzene rings is 2. The van der Waals surface area contributed by atoms with E-state index in [9.17, 15) is 9.90 Å². The highest BCUT2D eigenvalue weighted by molar-refractivity contribution is 6.60. The summed E-state index contributed by atoms with van der Waals surface area (Å²) in [6, 6.07) is 11.3. The highest BCUT2D eigenvalue weighted by atomic mass is 28.4. The average molecular weight is 407 g/mol. The highest BCUT2D eigenvalue weighted by Crippen LogP contribution is 2.29. The molecule has 0 radical (unpaired) electrons. The van der Waals surface area contributed by atoms with E-state index in [0.717, 1.165) is 10.8 Å². The quantitative estimate of drug-likeness (QED) is 0.297. The molecule has 0 saturated heterocycles. The van der Waals surface area contributed by atoms with Gasteiger partial charge in [0.2, 0.25) is 0 Å². The number of phenolic OH excluding ortho intramolecular Hbond substituents is 1. The number of carbonyl (C=O) groups excluding carboxylic acids is 1. The van der Waals surface area contributed by atoms with Crippen molar-refractivity contribution in [3.05, 3.63) is 36.4 Å². The zero-order chi connectivity index (χ0) is 20.4. The van der Waals surface area contributed by atoms with E-state index in [-0.39, 0.29) is 11.8 Å². The summed E-state index contributed by atoms with van der Waals surface area (Å²) < 4.78 is 17.4. The van der Waals surface area contributed by atoms with Crippen molar-refractivity contribution in [3.8, 4) is 5.75 Å². The smallest absolute Gasteiger partial charge is 0.500 e. The summed E-state index contributed by atoms with van der Waals surface area (Å²) in [5.74, 6) is 0.0318. The van der Waals surface area contributed by atoms with Gasteiger partial charge in [-0.3, -0.25) is 0 Å². The number of nitrogens with one attached hydrogen (secondary N) is 2. The van der Waals surface area contributed by atoms with Gasteiger partial charge in [-0.1, -0.05) is 24.3 Å². The Labute approximate surface area is 167 Å². The predicted molar refractivity (Wildman–Crippen MR) is 113 cm³/mol. The molecule has 154 valence electrons. The lowest BCUT2D eigenvalue weighted by Gasteiger charge is -2.28. The molecule has 0 unspecified atom stereocenters. The molecule has 0 bridgehead atoms. The molecule has 0 aromatic heterocycles. The van der Waals surface area contributed by atoms with Crippen LogP contribution >= 0.6 is 0 Å². The lowest BCUT2D eigenvalue weighted by molar-refractivity contribution is 0.0708. The maximum absolute atomic E-state index is 12.2. The van der Waals surface area contributed by atoms with Gasteiger partial charge in [0.25, 0.3) is 0 Å². The van der Waals surface area contributed by atoms with Crippen LogP contribution < -0.4 is 10.6 Å². The number of carbonyl (C=O) groups is 1. The van der Waals surface area contributed by atoms with Crippen LogP contribution in [-0.2, 0) is 13.3 Å². The third-order valence-electron chi connectivity index (χ3n) is 4.15. The van der Waals surface area contributed by atoms with E-state index < -0.39 is 8.80 Å². The van der Waals surface area contributed by atoms with Crippen molar-refractivity contribution in [3.63, 3.8) is 0 Å². The first-order valence-electron chi connectivity index (χ1n) is 9.72. The Balaban J connectivity index is 1.87. The maximum atomic E-state index is 12.2. The fourth-order valence-electron chi connectivity index (χ4n) is 3.00. The first kappa shape index (κ1) is 22.2. The van der Waals surface area contributed by atoms with E-state index in [2.05, 4.69) is 10.6 Å². The van der Waals surface area contributed by atoms with Crippen LogP contribution in [0.5, 0.6) is 5.75 Å². The van der Waals surface area contributed by atoms with Crippen molar-refractivity contribution in [2.75, 3.05) is 31.7 Å². The van der Waals surface area contributed by atoms with Gasteiger partial charge < -0.3 is 29.0 Å². The van der Waals surface area contributed by atoms with Crippen LogP contribution in [0.25, 0.3) is 10.8 Å². The number of urea groups is 1. The van der Waals surface area contributed by atoms with Crippen molar-refractivity contribution in [2.24, 2.45) is 0 Å². The van der Waals surface area contributed by atoms with Crippen molar-refractivity contribution in [1.29, 1.82) is 0 Å². The molecule has 3 N–H and O–H groups in total. The summed E-state index contributed by atoms with van der Waals surface area (Å²) in [7, 11) is -2.69. The van der Waals surface area contributed by atoms with Crippen LogP contribution in [-0.4, -0.2) is 46.3 Å². The van der Waals surface area contributed by atoms with E-state index in [1.807, 2.05) is 45.0 Å². The molecule has 0 spiro atoms. The second kappa shape index (κ2) is 11.0. The topological polar surface area (TPSA) is 89.1 Å². The second-order valence-electron chi connectivity index (χ2n) is 6.18. The minimum absolute atomic E-state index is 0.0318. The highest BCUT2D eigenvalue weighted by Gasteiger charge is 2.39. The molecule has 8 heteroatoms. The third-order valence-corrected chi connectivity index (χ3v) is 7.30. The fourth-order valence-corrected chi connectivity index (χ4v) is 5.62. The summed E-state index contributed by atoms with van der Waals surface area (Å²) >= 11 is 0. The minimum atomic E-state index is -2.69. The third kappa shape index (κ3) is 6.20. The zero-order valence-corrected chi connectivity index (χ0v) is 17.8. The number of rotatable bonds is 11. The van der Waals surface area contributed by atoms with Crippen LogP contribution in [0.4, 0.5) is 10.5 Å². The van der Waals surface area contributed by atoms with Gasteiger partial charge in [-0.05, 0) is 50.1 Å². The number of amides is 2. The Morgan fingerprint density at radius 2 is 1.57 bits per heavy atom. The van der Waals surface area contributed by atoms with E-state index in [1.165, 1.54) is 0 Å². The van der Waals surface area contributed by atoms with Gasteiger partial charge in [-0.25, -0.2) is 4.79 Å². The van der Waals surface area contributed by atoms with Crippen LogP contribution in [0, 0.1) is 0 Å². The summed E-state index contributed by atoms with van der Waals surface area (Å²) in [5, 5.41) is 17.5. The number of phenols is 1. The summed E-state index contributed by atoms with van der Waals surface area (Å²) in [5.41, 5.74) is 0.373. The van der Waals surface area contributed by atoms with Gasteiger partial charge in [0.05, 0.1) is 5.69 Å². The predicted octanol–water partition coefficient (Wildman–Crippen LogP) is 4.11. The SMILES string of the molecule is CCO[Si](CCCNC(=O)Nc1cc2ccccc2cc1O)(OCC)OCC. The summed E-state index contributed by atoms with van der Waals surface area (Å²) in [4.78, 5) is 12.2. The zero-order valence-electron chi connectivity index (χ0n) is 16.8. The molecule has 0 heterocycles. The molecule has 2 aromatic rings. The normalized spacial score (nSPS) is 11.5. The van der Waals surface area contributed by atoms with Crippen molar-refractivity contribution in [1.82, 2.24) is 5.32 Å². The number of fused-ring (bicyclic) bond motifs is 1. The first-order chi connectivity index (χ1) is 13.5. The van der Waals surface area contributed by atoms with Gasteiger partial charge in [-0.2, -0.15) is 0 Å². The molecular formula is C20H30N2O5Si. The van der Waals surface area contributed by atoms with Gasteiger partial charge in [0, 0.05) is 32.4 Å². The summed E-state index contributed by atoms with van der Waals surface area (Å²) in [6.07, 6.45) is 0.670. The molecule has 0 atom stereocenters. The number of aromatic hydroxyl groups is 1. The Bertz CT molecular complexity index is 754. The second-order valence-corrected chi connectivity index (χ2v) is 8.92. The average Bonchev–Trinajstić information content (AvgIpc) is 2.66. The fraction of sp³-hybridized carbons (Fsp3) is 0.450. The van der Waals surface area contributed by atoms with E-state index in [4.69, 9.17) is 13.3 Å². The van der Waals surface area contributed by atoms with Gasteiger partial charge in [0.1, 0.15) is 5.75 Å². The Morgan fingerprint density at radius 1 is 1.00 bits per heavy atom. The first-order valence-corrected chi connectivity index (χ1v) is 11.6. The Kier molecular flexibility index (Phi) is 8.71. The molecule has 0 aliphatic carbocycles. The number of hydrogen-bond acceptors (Lipinski definition) is 5. The largest absolute Gasteiger partial charge is 0.506 e. The molecule has 0 fully saturated rings. The van der Waals surface area contributed by atoms with E-state index in [0.29, 0.717) is 44.5 Å². The molecule has 0 saturated carbocycles. The molecular weight excluding hydrogens is 376 g/mol. The molecule has 2 rings (SSSR count). The van der Waals surface area contributed by atoms with E-state index in [1.54, 1.807) is 12.1 Å². The standard InChI is InChI=1S/C20H30N2O5Si/c1-4-25-28(26-5-2,27-6-3)13-9-12-21-20(24)22-18-14-16-10-7-8-11-17(16)15-19(18)23/h7-8,10-11,14-15,23H,4-6,9,12-13H2,1-3H3,(H2,21,22,24). The monoisotopic (exact) mass is 406 g/mol. The van der Waals surface area contributed by atoms with Crippen LogP contribution in [0.1, 0.15) is 27.2 Å². The lowest BCUT2D eigenvalue weighted by atomic mass is 10.1. The Hall–Kier alpha value is -2.13. The van der Waals surface area contributed by atoms with E-state index >= 15 is 0 Å². The van der Waals surface area contributed by atoms with Gasteiger partial charge in [-0.15, -0.1) is 0 Å². The Morgan fingerprint density at radius 3 is 2.14 bits per heavy atom. The maximum Gasteiger partial charge on any atom is 0.500 e. The van der Waals surface area contributed by atoms with Gasteiger partial charge in [0.15, 0.2) is 0 Å². The van der Waals surface area contributed by atoms with Crippen molar-refractivity contribution >= 4 is 31.3 Å². The molecule has 2 amide bonds. The molecule has 0 aliphatic heterocycles. The van der Waals surface area contributed by atoms with Gasteiger partial charge >= 0.3 is 14.8 Å². The van der Waals surface area contributed by atoms with Crippen LogP contribution in [0.15, 0.2) is 36.4 Å². The molecule has 28 heavy (non-hydrogen) atoms. The van der Waals surface area contributed by atoms with Crippen molar-refractivity contribution in [2.45, 2.75) is 33.2 Å². The van der Waals surface area contributed by atoms with Crippen LogP contribution in [0.2, 0.25) is 6.04 Å². The summed E-state index contributed by atoms with van der Waals surface area (Å²) in [6.45, 7) is 7.79. The van der Waals surface area contributed by atoms with Crippen LogP contribution in [0.3, 0.4) is 0 Å². The van der Waals surface area contributed by atoms with Crippen molar-refractivity contribution < 1.29 is 23.2 Å². The number of anilines is 1. The number of hydrogen-bond donors (Lipinski definition) is 3. The minimum Gasteiger partial charge on any atom is -0.506 e. The lowest BCUT2D eigenvalue weighted by Crippen LogP contribution is -2.46. The molecule has 0 aliphatic rings. The molecule has 7 nitrogen and oxygen atoms in total.